The zero-order chi connectivity index (χ0) is 11.5. The minimum atomic E-state index is -0.881. The SMILES string of the molecule is C/C(=C\c1ccc2ccccc2c1)C(=O)O. The standard InChI is InChI=1S/C14H12O2/c1-10(14(15)16)8-11-6-7-12-4-2-3-5-13(12)9-11/h2-9H,1H3,(H,15,16)/b10-8+. The van der Waals surface area contributed by atoms with E-state index < -0.39 is 5.97 Å². The van der Waals surface area contributed by atoms with Crippen LogP contribution in [0.25, 0.3) is 16.8 Å². The Hall–Kier alpha value is -2.09. The molecule has 0 amide bonds. The number of benzene rings is 2. The molecule has 2 aromatic rings. The van der Waals surface area contributed by atoms with Crippen molar-refractivity contribution in [2.45, 2.75) is 6.92 Å². The highest BCUT2D eigenvalue weighted by atomic mass is 16.4. The summed E-state index contributed by atoms with van der Waals surface area (Å²) >= 11 is 0. The number of hydrogen-bond donors (Lipinski definition) is 1. The molecule has 0 aromatic heterocycles. The smallest absolute Gasteiger partial charge is 0.331 e. The largest absolute Gasteiger partial charge is 0.478 e. The summed E-state index contributed by atoms with van der Waals surface area (Å²) in [6.45, 7) is 1.59. The maximum Gasteiger partial charge on any atom is 0.331 e. The predicted octanol–water partition coefficient (Wildman–Crippen LogP) is 3.33. The van der Waals surface area contributed by atoms with Crippen molar-refractivity contribution >= 4 is 22.8 Å². The molecule has 0 saturated carbocycles. The maximum atomic E-state index is 10.7. The lowest BCUT2D eigenvalue weighted by Gasteiger charge is -2.00. The van der Waals surface area contributed by atoms with Crippen molar-refractivity contribution < 1.29 is 9.90 Å². The van der Waals surface area contributed by atoms with E-state index in [4.69, 9.17) is 5.11 Å². The second-order valence-electron chi connectivity index (χ2n) is 3.74. The van der Waals surface area contributed by atoms with Gasteiger partial charge in [0.05, 0.1) is 0 Å². The Labute approximate surface area is 93.8 Å². The highest BCUT2D eigenvalue weighted by molar-refractivity contribution is 5.92. The Balaban J connectivity index is 2.47. The second-order valence-corrected chi connectivity index (χ2v) is 3.74. The topological polar surface area (TPSA) is 37.3 Å². The van der Waals surface area contributed by atoms with Crippen LogP contribution >= 0.6 is 0 Å². The van der Waals surface area contributed by atoms with Gasteiger partial charge in [-0.1, -0.05) is 36.4 Å². The van der Waals surface area contributed by atoms with Gasteiger partial charge < -0.3 is 5.11 Å². The molecule has 2 heteroatoms. The van der Waals surface area contributed by atoms with Gasteiger partial charge in [0.15, 0.2) is 0 Å². The third-order valence-electron chi connectivity index (χ3n) is 2.49. The van der Waals surface area contributed by atoms with E-state index in [1.807, 2.05) is 42.5 Å². The van der Waals surface area contributed by atoms with Gasteiger partial charge in [0.25, 0.3) is 0 Å². The van der Waals surface area contributed by atoms with Crippen molar-refractivity contribution in [2.75, 3.05) is 0 Å². The summed E-state index contributed by atoms with van der Waals surface area (Å²) in [5.74, 6) is -0.881. The third kappa shape index (κ3) is 2.11. The first-order valence-corrected chi connectivity index (χ1v) is 5.07. The van der Waals surface area contributed by atoms with Gasteiger partial charge in [-0.05, 0) is 35.4 Å². The fourth-order valence-electron chi connectivity index (χ4n) is 1.61. The zero-order valence-electron chi connectivity index (χ0n) is 8.97. The Morgan fingerprint density at radius 2 is 1.81 bits per heavy atom. The van der Waals surface area contributed by atoms with Crippen molar-refractivity contribution in [1.29, 1.82) is 0 Å². The average Bonchev–Trinajstić information content (AvgIpc) is 2.28. The molecule has 0 spiro atoms. The molecule has 1 N–H and O–H groups in total. The molecule has 16 heavy (non-hydrogen) atoms. The van der Waals surface area contributed by atoms with Crippen molar-refractivity contribution in [1.82, 2.24) is 0 Å². The van der Waals surface area contributed by atoms with Crippen LogP contribution in [0.1, 0.15) is 12.5 Å². The maximum absolute atomic E-state index is 10.7. The van der Waals surface area contributed by atoms with Crippen LogP contribution in [0.4, 0.5) is 0 Å². The molecule has 0 aliphatic heterocycles. The molecule has 0 atom stereocenters. The lowest BCUT2D eigenvalue weighted by atomic mass is 10.1. The normalized spacial score (nSPS) is 11.7. The lowest BCUT2D eigenvalue weighted by molar-refractivity contribution is -0.132. The van der Waals surface area contributed by atoms with Gasteiger partial charge in [-0.3, -0.25) is 0 Å². The monoisotopic (exact) mass is 212 g/mol. The first-order valence-electron chi connectivity index (χ1n) is 5.07. The molecule has 0 fully saturated rings. The molecule has 0 aliphatic carbocycles. The molecule has 2 nitrogen and oxygen atoms in total. The third-order valence-corrected chi connectivity index (χ3v) is 2.49. The molecule has 0 heterocycles. The van der Waals surface area contributed by atoms with Crippen molar-refractivity contribution in [3.63, 3.8) is 0 Å². The second kappa shape index (κ2) is 4.19. The van der Waals surface area contributed by atoms with E-state index in [1.165, 1.54) is 0 Å². The van der Waals surface area contributed by atoms with Gasteiger partial charge >= 0.3 is 5.97 Å². The van der Waals surface area contributed by atoms with Crippen LogP contribution in [0.3, 0.4) is 0 Å². The van der Waals surface area contributed by atoms with Crippen molar-refractivity contribution in [3.8, 4) is 0 Å². The van der Waals surface area contributed by atoms with Crippen molar-refractivity contribution in [2.24, 2.45) is 0 Å². The summed E-state index contributed by atoms with van der Waals surface area (Å²) < 4.78 is 0. The number of aliphatic carboxylic acids is 1. The molecule has 0 radical (unpaired) electrons. The van der Waals surface area contributed by atoms with Crippen LogP contribution in [-0.2, 0) is 4.79 Å². The molecular weight excluding hydrogens is 200 g/mol. The molecule has 80 valence electrons. The summed E-state index contributed by atoms with van der Waals surface area (Å²) in [5, 5.41) is 11.1. The van der Waals surface area contributed by atoms with E-state index in [2.05, 4.69) is 0 Å². The van der Waals surface area contributed by atoms with Gasteiger partial charge in [-0.2, -0.15) is 0 Å². The number of rotatable bonds is 2. The van der Waals surface area contributed by atoms with E-state index in [0.717, 1.165) is 16.3 Å². The van der Waals surface area contributed by atoms with E-state index in [9.17, 15) is 4.79 Å². The van der Waals surface area contributed by atoms with E-state index >= 15 is 0 Å². The average molecular weight is 212 g/mol. The highest BCUT2D eigenvalue weighted by Gasteiger charge is 2.00. The molecule has 0 unspecified atom stereocenters. The van der Waals surface area contributed by atoms with Crippen LogP contribution < -0.4 is 0 Å². The number of carbonyl (C=O) groups is 1. The van der Waals surface area contributed by atoms with Crippen LogP contribution in [0, 0.1) is 0 Å². The van der Waals surface area contributed by atoms with Gasteiger partial charge in [-0.25, -0.2) is 4.79 Å². The van der Waals surface area contributed by atoms with E-state index in [1.54, 1.807) is 13.0 Å². The summed E-state index contributed by atoms with van der Waals surface area (Å²) in [4.78, 5) is 10.7. The molecular formula is C14H12O2. The minimum Gasteiger partial charge on any atom is -0.478 e. The fraction of sp³-hybridized carbons (Fsp3) is 0.0714. The lowest BCUT2D eigenvalue weighted by Crippen LogP contribution is -1.95. The Morgan fingerprint density at radius 3 is 2.50 bits per heavy atom. The van der Waals surface area contributed by atoms with E-state index in [-0.39, 0.29) is 0 Å². The molecule has 2 rings (SSSR count). The first-order chi connectivity index (χ1) is 7.66. The predicted molar refractivity (Wildman–Crippen MR) is 65.2 cm³/mol. The van der Waals surface area contributed by atoms with Crippen LogP contribution in [0.5, 0.6) is 0 Å². The minimum absolute atomic E-state index is 0.343. The fourth-order valence-corrected chi connectivity index (χ4v) is 1.61. The first kappa shape index (κ1) is 10.4. The van der Waals surface area contributed by atoms with Crippen LogP contribution in [0.2, 0.25) is 0 Å². The summed E-state index contributed by atoms with van der Waals surface area (Å²) in [6, 6.07) is 13.9. The van der Waals surface area contributed by atoms with Crippen molar-refractivity contribution in [3.05, 3.63) is 53.6 Å². The molecule has 0 saturated heterocycles. The Morgan fingerprint density at radius 1 is 1.12 bits per heavy atom. The van der Waals surface area contributed by atoms with Gasteiger partial charge in [0.1, 0.15) is 0 Å². The van der Waals surface area contributed by atoms with Crippen LogP contribution in [-0.4, -0.2) is 11.1 Å². The quantitative estimate of drug-likeness (QED) is 0.775. The highest BCUT2D eigenvalue weighted by Crippen LogP contribution is 2.17. The number of carboxylic acid groups (broad SMARTS) is 1. The van der Waals surface area contributed by atoms with Crippen LogP contribution in [0.15, 0.2) is 48.0 Å². The van der Waals surface area contributed by atoms with Gasteiger partial charge in [0.2, 0.25) is 0 Å². The molecule has 0 bridgehead atoms. The van der Waals surface area contributed by atoms with Gasteiger partial charge in [-0.15, -0.1) is 0 Å². The number of fused-ring (bicyclic) bond motifs is 1. The summed E-state index contributed by atoms with van der Waals surface area (Å²) in [6.07, 6.45) is 1.68. The van der Waals surface area contributed by atoms with E-state index in [0.29, 0.717) is 5.57 Å². The Bertz CT molecular complexity index is 568. The van der Waals surface area contributed by atoms with Gasteiger partial charge in [0, 0.05) is 5.57 Å². The summed E-state index contributed by atoms with van der Waals surface area (Å²) in [5.41, 5.74) is 1.26. The summed E-state index contributed by atoms with van der Waals surface area (Å²) in [7, 11) is 0. The number of carboxylic acids is 1. The Kier molecular flexibility index (Phi) is 2.73. The number of hydrogen-bond acceptors (Lipinski definition) is 1. The zero-order valence-corrected chi connectivity index (χ0v) is 8.97. The molecule has 0 aliphatic rings. The molecule has 2 aromatic carbocycles.